The zero-order valence-corrected chi connectivity index (χ0v) is 18.7. The second kappa shape index (κ2) is 10.1. The number of carbonyl (C=O) groups excluding carboxylic acids is 2. The van der Waals surface area contributed by atoms with Gasteiger partial charge in [-0.15, -0.1) is 0 Å². The first-order valence-electron chi connectivity index (χ1n) is 10.5. The minimum Gasteiger partial charge on any atom is -0.368 e. The summed E-state index contributed by atoms with van der Waals surface area (Å²) in [5.74, 6) is 0.678. The second-order valence-corrected chi connectivity index (χ2v) is 8.47. The first kappa shape index (κ1) is 21.5. The smallest absolute Gasteiger partial charge is 0.249 e. The Morgan fingerprint density at radius 3 is 2.74 bits per heavy atom. The number of imidazole rings is 1. The molecular formula is C23H25BrN4O3. The van der Waals surface area contributed by atoms with Crippen molar-refractivity contribution in [2.24, 2.45) is 0 Å². The Balaban J connectivity index is 1.39. The quantitative estimate of drug-likeness (QED) is 0.477. The number of hydrogen-bond acceptors (Lipinski definition) is 4. The van der Waals surface area contributed by atoms with E-state index >= 15 is 0 Å². The number of aromatic nitrogens is 2. The topological polar surface area (TPSA) is 85.2 Å². The third-order valence-electron chi connectivity index (χ3n) is 5.26. The maximum absolute atomic E-state index is 12.7. The maximum atomic E-state index is 12.7. The van der Waals surface area contributed by atoms with Crippen molar-refractivity contribution in [1.82, 2.24) is 14.9 Å². The first-order chi connectivity index (χ1) is 15.1. The normalized spacial score (nSPS) is 15.8. The highest BCUT2D eigenvalue weighted by molar-refractivity contribution is 9.10. The first-order valence-corrected chi connectivity index (χ1v) is 11.3. The van der Waals surface area contributed by atoms with E-state index < -0.39 is 0 Å². The summed E-state index contributed by atoms with van der Waals surface area (Å²) in [5, 5.41) is 5.88. The van der Waals surface area contributed by atoms with E-state index in [1.165, 1.54) is 0 Å². The lowest BCUT2D eigenvalue weighted by atomic mass is 10.2. The molecule has 3 aromatic rings. The molecule has 1 aliphatic heterocycles. The summed E-state index contributed by atoms with van der Waals surface area (Å²) >= 11 is 3.40. The SMILES string of the molecule is O=C(Cn1c(CCCNC(=O)C2CCCO2)nc2ccccc21)Nc1ccc(Br)cc1. The van der Waals surface area contributed by atoms with Gasteiger partial charge in [0, 0.05) is 29.7 Å². The van der Waals surface area contributed by atoms with Crippen LogP contribution < -0.4 is 10.6 Å². The molecule has 31 heavy (non-hydrogen) atoms. The van der Waals surface area contributed by atoms with Crippen LogP contribution in [0.5, 0.6) is 0 Å². The van der Waals surface area contributed by atoms with Gasteiger partial charge in [0.25, 0.3) is 0 Å². The van der Waals surface area contributed by atoms with Gasteiger partial charge in [-0.3, -0.25) is 9.59 Å². The number of para-hydroxylation sites is 2. The number of nitrogens with zero attached hydrogens (tertiary/aromatic N) is 2. The minimum atomic E-state index is -0.313. The zero-order valence-electron chi connectivity index (χ0n) is 17.1. The van der Waals surface area contributed by atoms with Crippen LogP contribution in [0.25, 0.3) is 11.0 Å². The molecule has 7 nitrogen and oxygen atoms in total. The van der Waals surface area contributed by atoms with Gasteiger partial charge in [0.2, 0.25) is 11.8 Å². The Hall–Kier alpha value is -2.71. The largest absolute Gasteiger partial charge is 0.368 e. The summed E-state index contributed by atoms with van der Waals surface area (Å²) in [6, 6.07) is 15.3. The average molecular weight is 485 g/mol. The molecule has 1 aliphatic rings. The van der Waals surface area contributed by atoms with Gasteiger partial charge < -0.3 is 19.9 Å². The van der Waals surface area contributed by atoms with Gasteiger partial charge in [0.05, 0.1) is 11.0 Å². The third kappa shape index (κ3) is 5.51. The molecule has 1 unspecified atom stereocenters. The number of carbonyl (C=O) groups is 2. The van der Waals surface area contributed by atoms with Gasteiger partial charge in [0.1, 0.15) is 18.5 Å². The average Bonchev–Trinajstić information content (AvgIpc) is 3.42. The molecule has 0 saturated carbocycles. The van der Waals surface area contributed by atoms with Gasteiger partial charge in [-0.05, 0) is 55.7 Å². The van der Waals surface area contributed by atoms with Crippen LogP contribution in [-0.4, -0.2) is 40.6 Å². The summed E-state index contributed by atoms with van der Waals surface area (Å²) in [6.07, 6.45) is 2.80. The van der Waals surface area contributed by atoms with Crippen LogP contribution in [-0.2, 0) is 27.3 Å². The molecule has 2 N–H and O–H groups in total. The number of halogens is 1. The molecule has 8 heteroatoms. The maximum Gasteiger partial charge on any atom is 0.249 e. The van der Waals surface area contributed by atoms with Crippen LogP contribution in [0.3, 0.4) is 0 Å². The predicted molar refractivity (Wildman–Crippen MR) is 123 cm³/mol. The minimum absolute atomic E-state index is 0.0418. The molecule has 1 aromatic heterocycles. The van der Waals surface area contributed by atoms with Crippen LogP contribution >= 0.6 is 15.9 Å². The van der Waals surface area contributed by atoms with Crippen molar-refractivity contribution in [3.05, 3.63) is 58.8 Å². The molecule has 1 atom stereocenters. The van der Waals surface area contributed by atoms with E-state index in [2.05, 4.69) is 26.6 Å². The summed E-state index contributed by atoms with van der Waals surface area (Å²) < 4.78 is 8.32. The molecule has 0 aliphatic carbocycles. The number of ether oxygens (including phenoxy) is 1. The lowest BCUT2D eigenvalue weighted by molar-refractivity contribution is -0.130. The van der Waals surface area contributed by atoms with Crippen LogP contribution in [0.2, 0.25) is 0 Å². The molecule has 1 saturated heterocycles. The standard InChI is InChI=1S/C23H25BrN4O3/c24-16-9-11-17(12-10-16)26-22(29)15-28-19-6-2-1-5-18(19)27-21(28)8-3-13-25-23(30)20-7-4-14-31-20/h1-2,5-6,9-12,20H,3-4,7-8,13-15H2,(H,25,30)(H,26,29). The van der Waals surface area contributed by atoms with Crippen molar-refractivity contribution in [2.75, 3.05) is 18.5 Å². The van der Waals surface area contributed by atoms with Gasteiger partial charge in [-0.2, -0.15) is 0 Å². The van der Waals surface area contributed by atoms with Crippen LogP contribution in [0.1, 0.15) is 25.1 Å². The van der Waals surface area contributed by atoms with Crippen molar-refractivity contribution in [3.63, 3.8) is 0 Å². The zero-order chi connectivity index (χ0) is 21.6. The molecule has 2 aromatic carbocycles. The molecule has 1 fully saturated rings. The van der Waals surface area contributed by atoms with Crippen molar-refractivity contribution in [3.8, 4) is 0 Å². The van der Waals surface area contributed by atoms with E-state index in [4.69, 9.17) is 9.72 Å². The number of amides is 2. The number of rotatable bonds is 8. The van der Waals surface area contributed by atoms with Gasteiger partial charge >= 0.3 is 0 Å². The van der Waals surface area contributed by atoms with Crippen molar-refractivity contribution in [2.45, 2.75) is 38.3 Å². The Morgan fingerprint density at radius 2 is 1.97 bits per heavy atom. The van der Waals surface area contributed by atoms with E-state index in [9.17, 15) is 9.59 Å². The highest BCUT2D eigenvalue weighted by atomic mass is 79.9. The molecule has 4 rings (SSSR count). The number of benzene rings is 2. The lowest BCUT2D eigenvalue weighted by Crippen LogP contribution is -2.34. The van der Waals surface area contributed by atoms with Gasteiger partial charge in [0.15, 0.2) is 0 Å². The van der Waals surface area contributed by atoms with E-state index in [0.29, 0.717) is 19.6 Å². The fourth-order valence-electron chi connectivity index (χ4n) is 3.73. The summed E-state index contributed by atoms with van der Waals surface area (Å²) in [6.45, 7) is 1.38. The Morgan fingerprint density at radius 1 is 1.16 bits per heavy atom. The van der Waals surface area contributed by atoms with E-state index in [-0.39, 0.29) is 24.5 Å². The number of nitrogens with one attached hydrogen (secondary N) is 2. The van der Waals surface area contributed by atoms with Crippen LogP contribution in [0.15, 0.2) is 53.0 Å². The Kier molecular flexibility index (Phi) is 6.99. The molecule has 162 valence electrons. The fourth-order valence-corrected chi connectivity index (χ4v) is 3.99. The van der Waals surface area contributed by atoms with Crippen LogP contribution in [0, 0.1) is 0 Å². The molecule has 2 heterocycles. The number of aryl methyl sites for hydroxylation is 1. The van der Waals surface area contributed by atoms with Crippen LogP contribution in [0.4, 0.5) is 5.69 Å². The Bertz CT molecular complexity index is 1060. The summed E-state index contributed by atoms with van der Waals surface area (Å²) in [7, 11) is 0. The van der Waals surface area contributed by atoms with Crippen molar-refractivity contribution < 1.29 is 14.3 Å². The monoisotopic (exact) mass is 484 g/mol. The molecule has 0 spiro atoms. The number of hydrogen-bond donors (Lipinski definition) is 2. The molecule has 0 bridgehead atoms. The van der Waals surface area contributed by atoms with Crippen molar-refractivity contribution >= 4 is 44.5 Å². The third-order valence-corrected chi connectivity index (χ3v) is 5.79. The van der Waals surface area contributed by atoms with Crippen molar-refractivity contribution in [1.29, 1.82) is 0 Å². The lowest BCUT2D eigenvalue weighted by Gasteiger charge is -2.12. The van der Waals surface area contributed by atoms with E-state index in [1.54, 1.807) is 0 Å². The number of anilines is 1. The highest BCUT2D eigenvalue weighted by Gasteiger charge is 2.23. The number of fused-ring (bicyclic) bond motifs is 1. The van der Waals surface area contributed by atoms with Gasteiger partial charge in [-0.1, -0.05) is 28.1 Å². The van der Waals surface area contributed by atoms with E-state index in [1.807, 2.05) is 53.1 Å². The fraction of sp³-hybridized carbons (Fsp3) is 0.348. The Labute approximate surface area is 189 Å². The second-order valence-electron chi connectivity index (χ2n) is 7.55. The molecule has 2 amide bonds. The molecular weight excluding hydrogens is 460 g/mol. The van der Waals surface area contributed by atoms with Gasteiger partial charge in [-0.25, -0.2) is 4.98 Å². The molecule has 0 radical (unpaired) electrons. The summed E-state index contributed by atoms with van der Waals surface area (Å²) in [4.78, 5) is 29.5. The summed E-state index contributed by atoms with van der Waals surface area (Å²) in [5.41, 5.74) is 2.53. The predicted octanol–water partition coefficient (Wildman–Crippen LogP) is 3.67. The highest BCUT2D eigenvalue weighted by Crippen LogP contribution is 2.19. The van der Waals surface area contributed by atoms with E-state index in [0.717, 1.165) is 46.3 Å².